The smallest absolute Gasteiger partial charge is 0.263 e. The van der Waals surface area contributed by atoms with Crippen molar-refractivity contribution in [2.45, 2.75) is 4.90 Å². The molecule has 2 aromatic rings. The molecule has 0 aliphatic carbocycles. The van der Waals surface area contributed by atoms with E-state index in [9.17, 15) is 8.42 Å². The molecule has 1 aliphatic heterocycles. The van der Waals surface area contributed by atoms with E-state index in [4.69, 9.17) is 4.74 Å². The summed E-state index contributed by atoms with van der Waals surface area (Å²) in [5.41, 5.74) is 0.776. The molecular formula is C12H13N3O3S2. The third-order valence-electron chi connectivity index (χ3n) is 2.99. The monoisotopic (exact) mass is 311 g/mol. The van der Waals surface area contributed by atoms with Crippen LogP contribution in [-0.2, 0) is 10.0 Å². The molecule has 1 N–H and O–H groups in total. The topological polar surface area (TPSA) is 71.5 Å². The van der Waals surface area contributed by atoms with Crippen LogP contribution in [-0.4, -0.2) is 33.6 Å². The molecule has 1 aromatic heterocycles. The first-order valence-corrected chi connectivity index (χ1v) is 8.33. The molecule has 0 atom stereocenters. The number of nitrogens with zero attached hydrogens (tertiary/aromatic N) is 2. The summed E-state index contributed by atoms with van der Waals surface area (Å²) in [5.74, 6) is 0.701. The molecule has 0 spiro atoms. The van der Waals surface area contributed by atoms with Gasteiger partial charge in [-0.15, -0.1) is 11.3 Å². The normalized spacial score (nSPS) is 14.6. The first kappa shape index (κ1) is 13.2. The highest BCUT2D eigenvalue weighted by molar-refractivity contribution is 7.93. The molecule has 2 heterocycles. The van der Waals surface area contributed by atoms with Gasteiger partial charge in [0.25, 0.3) is 10.0 Å². The van der Waals surface area contributed by atoms with Crippen LogP contribution in [0.2, 0.25) is 0 Å². The Labute approximate surface area is 121 Å². The van der Waals surface area contributed by atoms with Crippen molar-refractivity contribution in [1.82, 2.24) is 4.98 Å². The van der Waals surface area contributed by atoms with Crippen molar-refractivity contribution in [3.63, 3.8) is 0 Å². The summed E-state index contributed by atoms with van der Waals surface area (Å²) in [7, 11) is -1.72. The third-order valence-corrected chi connectivity index (χ3v) is 5.14. The van der Waals surface area contributed by atoms with Gasteiger partial charge < -0.3 is 9.64 Å². The fourth-order valence-corrected chi connectivity index (χ4v) is 3.75. The molecule has 0 radical (unpaired) electrons. The minimum Gasteiger partial charge on any atom is -0.490 e. The number of benzene rings is 1. The van der Waals surface area contributed by atoms with Crippen LogP contribution in [0.1, 0.15) is 0 Å². The Morgan fingerprint density at radius 1 is 1.45 bits per heavy atom. The third kappa shape index (κ3) is 2.44. The first-order chi connectivity index (χ1) is 9.56. The number of nitrogens with one attached hydrogen (secondary N) is 1. The molecule has 1 aromatic carbocycles. The molecule has 0 saturated carbocycles. The molecule has 0 unspecified atom stereocenters. The van der Waals surface area contributed by atoms with Crippen LogP contribution in [0.3, 0.4) is 0 Å². The van der Waals surface area contributed by atoms with E-state index in [-0.39, 0.29) is 4.90 Å². The van der Waals surface area contributed by atoms with Crippen LogP contribution in [0.5, 0.6) is 5.75 Å². The van der Waals surface area contributed by atoms with E-state index in [2.05, 4.69) is 9.71 Å². The van der Waals surface area contributed by atoms with Gasteiger partial charge in [0.05, 0.1) is 17.1 Å². The SMILES string of the molecule is CN1CCOc2ccc(S(=O)(=O)Nc3nccs3)cc21. The molecule has 20 heavy (non-hydrogen) atoms. The Morgan fingerprint density at radius 2 is 2.30 bits per heavy atom. The van der Waals surface area contributed by atoms with E-state index in [1.165, 1.54) is 17.4 Å². The predicted molar refractivity (Wildman–Crippen MR) is 78.1 cm³/mol. The Kier molecular flexibility index (Phi) is 3.27. The van der Waals surface area contributed by atoms with E-state index >= 15 is 0 Å². The number of ether oxygens (including phenoxy) is 1. The summed E-state index contributed by atoms with van der Waals surface area (Å²) in [4.78, 5) is 6.09. The van der Waals surface area contributed by atoms with Crippen LogP contribution in [0.25, 0.3) is 0 Å². The summed E-state index contributed by atoms with van der Waals surface area (Å²) in [6, 6.07) is 4.83. The summed E-state index contributed by atoms with van der Waals surface area (Å²) < 4.78 is 32.5. The fourth-order valence-electron chi connectivity index (χ4n) is 1.95. The van der Waals surface area contributed by atoms with Crippen molar-refractivity contribution in [1.29, 1.82) is 0 Å². The van der Waals surface area contributed by atoms with Crippen LogP contribution in [0.4, 0.5) is 10.8 Å². The van der Waals surface area contributed by atoms with Crippen molar-refractivity contribution >= 4 is 32.2 Å². The van der Waals surface area contributed by atoms with Gasteiger partial charge in [-0.3, -0.25) is 4.72 Å². The molecule has 0 fully saturated rings. The van der Waals surface area contributed by atoms with E-state index in [0.29, 0.717) is 17.5 Å². The summed E-state index contributed by atoms with van der Waals surface area (Å²) in [5, 5.41) is 2.07. The quantitative estimate of drug-likeness (QED) is 0.935. The van der Waals surface area contributed by atoms with Crippen molar-refractivity contribution < 1.29 is 13.2 Å². The van der Waals surface area contributed by atoms with Crippen LogP contribution >= 0.6 is 11.3 Å². The number of thiazole rings is 1. The number of likely N-dealkylation sites (N-methyl/N-ethyl adjacent to an activating group) is 1. The molecule has 0 bridgehead atoms. The molecule has 3 rings (SSSR count). The zero-order valence-corrected chi connectivity index (χ0v) is 12.4. The second kappa shape index (κ2) is 4.95. The highest BCUT2D eigenvalue weighted by Gasteiger charge is 2.21. The Morgan fingerprint density at radius 3 is 3.05 bits per heavy atom. The highest BCUT2D eigenvalue weighted by atomic mass is 32.2. The number of rotatable bonds is 3. The summed E-state index contributed by atoms with van der Waals surface area (Å²) in [6.07, 6.45) is 1.55. The largest absolute Gasteiger partial charge is 0.490 e. The minimum atomic E-state index is -3.62. The zero-order chi connectivity index (χ0) is 14.2. The average molecular weight is 311 g/mol. The molecule has 0 amide bonds. The standard InChI is InChI=1S/C12H13N3O3S2/c1-15-5-6-18-11-3-2-9(8-10(11)15)20(16,17)14-12-13-4-7-19-12/h2-4,7-8H,5-6H2,1H3,(H,13,14). The number of hydrogen-bond acceptors (Lipinski definition) is 6. The maximum Gasteiger partial charge on any atom is 0.263 e. The second-order valence-corrected chi connectivity index (χ2v) is 6.92. The number of aromatic nitrogens is 1. The number of anilines is 2. The highest BCUT2D eigenvalue weighted by Crippen LogP contribution is 2.33. The number of sulfonamides is 1. The fraction of sp³-hybridized carbons (Fsp3) is 0.250. The van der Waals surface area contributed by atoms with Gasteiger partial charge in [-0.05, 0) is 18.2 Å². The minimum absolute atomic E-state index is 0.198. The van der Waals surface area contributed by atoms with E-state index in [1.807, 2.05) is 11.9 Å². The lowest BCUT2D eigenvalue weighted by Gasteiger charge is -2.27. The lowest BCUT2D eigenvalue weighted by Crippen LogP contribution is -2.29. The van der Waals surface area contributed by atoms with Gasteiger partial charge in [-0.2, -0.15) is 0 Å². The van der Waals surface area contributed by atoms with Gasteiger partial charge in [-0.1, -0.05) is 0 Å². The van der Waals surface area contributed by atoms with Gasteiger partial charge in [-0.25, -0.2) is 13.4 Å². The van der Waals surface area contributed by atoms with Crippen molar-refractivity contribution in [3.8, 4) is 5.75 Å². The maximum atomic E-state index is 12.3. The molecule has 8 heteroatoms. The predicted octanol–water partition coefficient (Wildman–Crippen LogP) is 1.77. The zero-order valence-electron chi connectivity index (χ0n) is 10.7. The van der Waals surface area contributed by atoms with Crippen LogP contribution in [0.15, 0.2) is 34.7 Å². The van der Waals surface area contributed by atoms with E-state index in [1.54, 1.807) is 23.7 Å². The molecule has 0 saturated heterocycles. The Hall–Kier alpha value is -1.80. The molecular weight excluding hydrogens is 298 g/mol. The summed E-state index contributed by atoms with van der Waals surface area (Å²) in [6.45, 7) is 1.34. The van der Waals surface area contributed by atoms with Gasteiger partial charge in [0.1, 0.15) is 12.4 Å². The van der Waals surface area contributed by atoms with E-state index in [0.717, 1.165) is 12.2 Å². The Bertz CT molecular complexity index is 714. The van der Waals surface area contributed by atoms with Gasteiger partial charge in [0.2, 0.25) is 0 Å². The number of fused-ring (bicyclic) bond motifs is 1. The molecule has 6 nitrogen and oxygen atoms in total. The van der Waals surface area contributed by atoms with Crippen molar-refractivity contribution in [2.24, 2.45) is 0 Å². The van der Waals surface area contributed by atoms with Gasteiger partial charge in [0.15, 0.2) is 5.13 Å². The van der Waals surface area contributed by atoms with Crippen molar-refractivity contribution in [2.75, 3.05) is 29.8 Å². The Balaban J connectivity index is 1.96. The second-order valence-electron chi connectivity index (χ2n) is 4.34. The molecule has 1 aliphatic rings. The van der Waals surface area contributed by atoms with Crippen molar-refractivity contribution in [3.05, 3.63) is 29.8 Å². The lowest BCUT2D eigenvalue weighted by molar-refractivity contribution is 0.311. The summed E-state index contributed by atoms with van der Waals surface area (Å²) >= 11 is 1.24. The number of hydrogen-bond donors (Lipinski definition) is 1. The average Bonchev–Trinajstić information content (AvgIpc) is 2.91. The molecule has 106 valence electrons. The van der Waals surface area contributed by atoms with Crippen LogP contribution in [0, 0.1) is 0 Å². The van der Waals surface area contributed by atoms with Crippen LogP contribution < -0.4 is 14.4 Å². The van der Waals surface area contributed by atoms with Gasteiger partial charge >= 0.3 is 0 Å². The maximum absolute atomic E-state index is 12.3. The lowest BCUT2D eigenvalue weighted by atomic mass is 10.2. The van der Waals surface area contributed by atoms with Gasteiger partial charge in [0, 0.05) is 18.6 Å². The van der Waals surface area contributed by atoms with E-state index < -0.39 is 10.0 Å². The first-order valence-electron chi connectivity index (χ1n) is 5.96.